The van der Waals surface area contributed by atoms with E-state index in [-0.39, 0.29) is 18.2 Å². The van der Waals surface area contributed by atoms with Gasteiger partial charge in [-0.2, -0.15) is 0 Å². The van der Waals surface area contributed by atoms with Crippen LogP contribution in [0.5, 0.6) is 5.75 Å². The van der Waals surface area contributed by atoms with E-state index >= 15 is 0 Å². The Morgan fingerprint density at radius 3 is 2.62 bits per heavy atom. The molecule has 2 aliphatic heterocycles. The van der Waals surface area contributed by atoms with Gasteiger partial charge >= 0.3 is 0 Å². The third-order valence-electron chi connectivity index (χ3n) is 4.45. The van der Waals surface area contributed by atoms with Gasteiger partial charge in [0.1, 0.15) is 11.8 Å². The van der Waals surface area contributed by atoms with E-state index in [1.165, 1.54) is 0 Å². The molecule has 2 amide bonds. The first-order valence-corrected chi connectivity index (χ1v) is 8.90. The van der Waals surface area contributed by atoms with Crippen molar-refractivity contribution >= 4 is 23.5 Å². The number of rotatable bonds is 4. The van der Waals surface area contributed by atoms with Crippen LogP contribution in [0, 0.1) is 0 Å². The van der Waals surface area contributed by atoms with Crippen molar-refractivity contribution in [3.8, 4) is 5.75 Å². The molecule has 1 aromatic carbocycles. The highest BCUT2D eigenvalue weighted by molar-refractivity contribution is 6.05. The predicted octanol–water partition coefficient (Wildman–Crippen LogP) is 0.516. The summed E-state index contributed by atoms with van der Waals surface area (Å²) in [5.74, 6) is 0.788. The van der Waals surface area contributed by atoms with Crippen molar-refractivity contribution in [3.05, 3.63) is 24.3 Å². The van der Waals surface area contributed by atoms with Gasteiger partial charge in [0.15, 0.2) is 0 Å². The van der Waals surface area contributed by atoms with Crippen LogP contribution in [0.25, 0.3) is 0 Å². The second-order valence-electron chi connectivity index (χ2n) is 6.46. The number of carbonyl (C=O) groups is 2. The van der Waals surface area contributed by atoms with Gasteiger partial charge in [-0.15, -0.1) is 0 Å². The van der Waals surface area contributed by atoms with Crippen molar-refractivity contribution in [1.29, 1.82) is 0 Å². The Kier molecular flexibility index (Phi) is 5.72. The molecule has 0 spiro atoms. The molecule has 0 saturated carbocycles. The van der Waals surface area contributed by atoms with Gasteiger partial charge in [0.2, 0.25) is 17.8 Å². The number of nitrogens with zero attached hydrogens (tertiary/aromatic N) is 3. The van der Waals surface area contributed by atoms with Crippen LogP contribution in [0.3, 0.4) is 0 Å². The minimum absolute atomic E-state index is 0.0557. The average molecular weight is 359 g/mol. The molecule has 1 aromatic rings. The minimum Gasteiger partial charge on any atom is -0.494 e. The third kappa shape index (κ3) is 4.51. The lowest BCUT2D eigenvalue weighted by molar-refractivity contribution is -0.125. The van der Waals surface area contributed by atoms with Crippen LogP contribution in [-0.2, 0) is 9.59 Å². The van der Waals surface area contributed by atoms with Crippen LogP contribution in [-0.4, -0.2) is 73.4 Å². The summed E-state index contributed by atoms with van der Waals surface area (Å²) in [5.41, 5.74) is 0.654. The molecule has 1 atom stereocenters. The second kappa shape index (κ2) is 8.18. The molecule has 0 radical (unpaired) electrons. The Morgan fingerprint density at radius 2 is 1.96 bits per heavy atom. The quantitative estimate of drug-likeness (QED) is 0.818. The summed E-state index contributed by atoms with van der Waals surface area (Å²) in [6, 6.07) is 6.43. The standard InChI is InChI=1S/C18H25N5O3/c1-3-26-14-6-4-13(5-7-14)19-17(25)15-12-16(24)21-18(20-15)23-10-8-22(2)9-11-23/h4-7,15H,3,8-12H2,1-2H3,(H,19,25)(H,20,21,24)/t15-/m0/s1. The number of hydrogen-bond acceptors (Lipinski definition) is 6. The Morgan fingerprint density at radius 1 is 1.27 bits per heavy atom. The molecule has 1 saturated heterocycles. The normalized spacial score (nSPS) is 21.0. The highest BCUT2D eigenvalue weighted by atomic mass is 16.5. The number of anilines is 1. The number of ether oxygens (including phenoxy) is 1. The van der Waals surface area contributed by atoms with Gasteiger partial charge in [-0.05, 0) is 38.2 Å². The zero-order valence-electron chi connectivity index (χ0n) is 15.2. The van der Waals surface area contributed by atoms with Crippen LogP contribution >= 0.6 is 0 Å². The summed E-state index contributed by atoms with van der Waals surface area (Å²) >= 11 is 0. The molecule has 3 rings (SSSR count). The minimum atomic E-state index is -0.718. The highest BCUT2D eigenvalue weighted by Crippen LogP contribution is 2.17. The Labute approximate surface area is 153 Å². The number of aliphatic imine (C=N–C) groups is 1. The highest BCUT2D eigenvalue weighted by Gasteiger charge is 2.30. The molecule has 2 heterocycles. The maximum Gasteiger partial charge on any atom is 0.249 e. The van der Waals surface area contributed by atoms with E-state index in [0.717, 1.165) is 31.9 Å². The van der Waals surface area contributed by atoms with E-state index in [1.54, 1.807) is 24.3 Å². The third-order valence-corrected chi connectivity index (χ3v) is 4.45. The lowest BCUT2D eigenvalue weighted by Gasteiger charge is -2.36. The van der Waals surface area contributed by atoms with E-state index in [1.807, 2.05) is 11.8 Å². The van der Waals surface area contributed by atoms with Gasteiger partial charge in [0.25, 0.3) is 0 Å². The topological polar surface area (TPSA) is 86.3 Å². The first-order valence-electron chi connectivity index (χ1n) is 8.90. The van der Waals surface area contributed by atoms with Gasteiger partial charge in [-0.3, -0.25) is 14.9 Å². The molecule has 0 aromatic heterocycles. The molecular weight excluding hydrogens is 334 g/mol. The smallest absolute Gasteiger partial charge is 0.249 e. The van der Waals surface area contributed by atoms with Crippen molar-refractivity contribution in [2.75, 3.05) is 45.2 Å². The van der Waals surface area contributed by atoms with E-state index < -0.39 is 6.04 Å². The van der Waals surface area contributed by atoms with Gasteiger partial charge in [0, 0.05) is 31.9 Å². The molecule has 8 heteroatoms. The molecule has 1 fully saturated rings. The lowest BCUT2D eigenvalue weighted by Crippen LogP contribution is -2.55. The fourth-order valence-corrected chi connectivity index (χ4v) is 2.93. The van der Waals surface area contributed by atoms with Crippen LogP contribution in [0.15, 0.2) is 29.3 Å². The molecule has 140 valence electrons. The number of amides is 2. The number of hydrogen-bond donors (Lipinski definition) is 2. The van der Waals surface area contributed by atoms with Gasteiger partial charge in [0.05, 0.1) is 13.0 Å². The summed E-state index contributed by atoms with van der Waals surface area (Å²) in [6.07, 6.45) is 0.0557. The Bertz CT molecular complexity index is 681. The van der Waals surface area contributed by atoms with E-state index in [2.05, 4.69) is 27.6 Å². The maximum absolute atomic E-state index is 12.5. The van der Waals surface area contributed by atoms with Gasteiger partial charge < -0.3 is 19.9 Å². The predicted molar refractivity (Wildman–Crippen MR) is 99.3 cm³/mol. The number of likely N-dealkylation sites (N-methyl/N-ethyl adjacent to an activating group) is 1. The summed E-state index contributed by atoms with van der Waals surface area (Å²) in [4.78, 5) is 33.3. The van der Waals surface area contributed by atoms with Crippen LogP contribution in [0.1, 0.15) is 13.3 Å². The fourth-order valence-electron chi connectivity index (χ4n) is 2.93. The molecule has 0 aliphatic carbocycles. The zero-order valence-corrected chi connectivity index (χ0v) is 15.2. The molecule has 2 N–H and O–H groups in total. The summed E-state index contributed by atoms with van der Waals surface area (Å²) in [7, 11) is 2.06. The number of guanidine groups is 1. The van der Waals surface area contributed by atoms with Crippen LogP contribution in [0.2, 0.25) is 0 Å². The SMILES string of the molecule is CCOc1ccc(NC(=O)[C@@H]2CC(=O)NC(N3CCN(C)CC3)=N2)cc1. The van der Waals surface area contributed by atoms with Crippen LogP contribution < -0.4 is 15.4 Å². The molecule has 8 nitrogen and oxygen atoms in total. The van der Waals surface area contributed by atoms with Crippen molar-refractivity contribution in [1.82, 2.24) is 15.1 Å². The first-order chi connectivity index (χ1) is 12.5. The monoisotopic (exact) mass is 359 g/mol. The molecule has 0 bridgehead atoms. The summed E-state index contributed by atoms with van der Waals surface area (Å²) in [6.45, 7) is 5.87. The van der Waals surface area contributed by atoms with Crippen molar-refractivity contribution in [3.63, 3.8) is 0 Å². The number of nitrogens with one attached hydrogen (secondary N) is 2. The Balaban J connectivity index is 1.65. The fraction of sp³-hybridized carbons (Fsp3) is 0.500. The van der Waals surface area contributed by atoms with E-state index in [4.69, 9.17) is 4.74 Å². The lowest BCUT2D eigenvalue weighted by atomic mass is 10.1. The number of benzene rings is 1. The van der Waals surface area contributed by atoms with Crippen molar-refractivity contribution < 1.29 is 14.3 Å². The van der Waals surface area contributed by atoms with Crippen molar-refractivity contribution in [2.24, 2.45) is 4.99 Å². The molecule has 2 aliphatic rings. The van der Waals surface area contributed by atoms with Gasteiger partial charge in [-0.25, -0.2) is 4.99 Å². The Hall–Kier alpha value is -2.61. The average Bonchev–Trinajstić information content (AvgIpc) is 2.63. The van der Waals surface area contributed by atoms with Crippen LogP contribution in [0.4, 0.5) is 5.69 Å². The van der Waals surface area contributed by atoms with E-state index in [9.17, 15) is 9.59 Å². The first kappa shape index (κ1) is 18.2. The van der Waals surface area contributed by atoms with Crippen molar-refractivity contribution in [2.45, 2.75) is 19.4 Å². The van der Waals surface area contributed by atoms with E-state index in [0.29, 0.717) is 18.3 Å². The molecule has 26 heavy (non-hydrogen) atoms. The van der Waals surface area contributed by atoms with Gasteiger partial charge in [-0.1, -0.05) is 0 Å². The maximum atomic E-state index is 12.5. The molecule has 0 unspecified atom stereocenters. The summed E-state index contributed by atoms with van der Waals surface area (Å²) < 4.78 is 5.39. The second-order valence-corrected chi connectivity index (χ2v) is 6.46. The summed E-state index contributed by atoms with van der Waals surface area (Å²) in [5, 5.41) is 5.62. The number of piperazine rings is 1. The zero-order chi connectivity index (χ0) is 18.5. The number of carbonyl (C=O) groups excluding carboxylic acids is 2. The largest absolute Gasteiger partial charge is 0.494 e. The molecular formula is C18H25N5O3.